The number of nitrogens with zero attached hydrogens (tertiary/aromatic N) is 1. The Morgan fingerprint density at radius 3 is 3.00 bits per heavy atom. The van der Waals surface area contributed by atoms with Crippen LogP contribution in [0.3, 0.4) is 0 Å². The minimum Gasteiger partial charge on any atom is -0.456 e. The highest BCUT2D eigenvalue weighted by Crippen LogP contribution is 2.13. The van der Waals surface area contributed by atoms with Gasteiger partial charge >= 0.3 is 0 Å². The van der Waals surface area contributed by atoms with Gasteiger partial charge in [0.1, 0.15) is 17.4 Å². The summed E-state index contributed by atoms with van der Waals surface area (Å²) in [5.74, 6) is 0.963. The lowest BCUT2D eigenvalue weighted by molar-refractivity contribution is 0.0920. The van der Waals surface area contributed by atoms with Crippen LogP contribution in [0.4, 0.5) is 4.39 Å². The number of furan rings is 1. The van der Waals surface area contributed by atoms with Gasteiger partial charge in [-0.3, -0.25) is 4.79 Å². The zero-order valence-corrected chi connectivity index (χ0v) is 11.4. The van der Waals surface area contributed by atoms with Crippen molar-refractivity contribution < 1.29 is 13.6 Å². The Morgan fingerprint density at radius 1 is 1.38 bits per heavy atom. The van der Waals surface area contributed by atoms with Crippen LogP contribution < -0.4 is 5.32 Å². The van der Waals surface area contributed by atoms with Gasteiger partial charge in [-0.2, -0.15) is 0 Å². The van der Waals surface area contributed by atoms with Gasteiger partial charge in [0.25, 0.3) is 5.91 Å². The molecule has 0 spiro atoms. The number of fused-ring (bicyclic) bond motifs is 1. The van der Waals surface area contributed by atoms with Crippen molar-refractivity contribution in [2.75, 3.05) is 0 Å². The number of carbonyl (C=O) groups excluding carboxylic acids is 1. The molecule has 0 atom stereocenters. The van der Waals surface area contributed by atoms with Crippen molar-refractivity contribution in [1.82, 2.24) is 15.3 Å². The zero-order valence-electron chi connectivity index (χ0n) is 11.4. The van der Waals surface area contributed by atoms with E-state index in [0.717, 1.165) is 12.2 Å². The summed E-state index contributed by atoms with van der Waals surface area (Å²) >= 11 is 0. The Kier molecular flexibility index (Phi) is 3.43. The van der Waals surface area contributed by atoms with Crippen LogP contribution in [0.25, 0.3) is 11.0 Å². The molecule has 5 nitrogen and oxygen atoms in total. The molecule has 3 aromatic rings. The topological polar surface area (TPSA) is 70.9 Å². The number of aryl methyl sites for hydroxylation is 1. The number of H-pyrrole nitrogens is 1. The molecule has 0 saturated carbocycles. The molecule has 0 aliphatic rings. The molecule has 0 aliphatic heterocycles. The summed E-state index contributed by atoms with van der Waals surface area (Å²) in [6, 6.07) is 7.72. The average Bonchev–Trinajstić information content (AvgIpc) is 3.10. The summed E-state index contributed by atoms with van der Waals surface area (Å²) in [7, 11) is 0. The number of amides is 1. The van der Waals surface area contributed by atoms with Crippen LogP contribution >= 0.6 is 0 Å². The fourth-order valence-corrected chi connectivity index (χ4v) is 2.06. The number of hydrogen-bond donors (Lipinski definition) is 2. The molecule has 108 valence electrons. The number of aromatic amines is 1. The first-order chi connectivity index (χ1) is 10.2. The number of benzene rings is 1. The van der Waals surface area contributed by atoms with E-state index in [1.54, 1.807) is 18.2 Å². The molecule has 0 aliphatic carbocycles. The summed E-state index contributed by atoms with van der Waals surface area (Å²) in [5, 5.41) is 2.71. The fourth-order valence-electron chi connectivity index (χ4n) is 2.06. The van der Waals surface area contributed by atoms with Crippen LogP contribution in [0.1, 0.15) is 29.1 Å². The second-order valence-electron chi connectivity index (χ2n) is 4.65. The van der Waals surface area contributed by atoms with Gasteiger partial charge in [0, 0.05) is 6.42 Å². The Bertz CT molecular complexity index is 791. The SMILES string of the molecule is CCc1ccc(C(=O)NCc2nc3ccc(F)cc3[nH]2)o1. The maximum absolute atomic E-state index is 13.1. The van der Waals surface area contributed by atoms with Crippen LogP contribution in [0.5, 0.6) is 0 Å². The highest BCUT2D eigenvalue weighted by molar-refractivity contribution is 5.91. The summed E-state index contributed by atoms with van der Waals surface area (Å²) in [6.45, 7) is 2.17. The van der Waals surface area contributed by atoms with Gasteiger partial charge in [-0.15, -0.1) is 0 Å². The Morgan fingerprint density at radius 2 is 2.24 bits per heavy atom. The third-order valence-corrected chi connectivity index (χ3v) is 3.14. The van der Waals surface area contributed by atoms with E-state index in [4.69, 9.17) is 4.42 Å². The van der Waals surface area contributed by atoms with Gasteiger partial charge in [-0.1, -0.05) is 6.92 Å². The highest BCUT2D eigenvalue weighted by Gasteiger charge is 2.11. The van der Waals surface area contributed by atoms with Gasteiger partial charge in [0.15, 0.2) is 5.76 Å². The van der Waals surface area contributed by atoms with E-state index in [-0.39, 0.29) is 24.0 Å². The lowest BCUT2D eigenvalue weighted by atomic mass is 10.3. The van der Waals surface area contributed by atoms with Crippen LogP contribution in [0.2, 0.25) is 0 Å². The van der Waals surface area contributed by atoms with Gasteiger partial charge in [0.2, 0.25) is 0 Å². The second-order valence-corrected chi connectivity index (χ2v) is 4.65. The number of halogens is 1. The van der Waals surface area contributed by atoms with Crippen LogP contribution in [-0.2, 0) is 13.0 Å². The molecule has 0 radical (unpaired) electrons. The first kappa shape index (κ1) is 13.4. The third-order valence-electron chi connectivity index (χ3n) is 3.14. The Balaban J connectivity index is 1.69. The molecule has 2 N–H and O–H groups in total. The normalized spacial score (nSPS) is 11.0. The highest BCUT2D eigenvalue weighted by atomic mass is 19.1. The van der Waals surface area contributed by atoms with Gasteiger partial charge in [0.05, 0.1) is 17.6 Å². The molecule has 1 aromatic carbocycles. The van der Waals surface area contributed by atoms with Gasteiger partial charge in [-0.25, -0.2) is 9.37 Å². The first-order valence-electron chi connectivity index (χ1n) is 6.67. The third kappa shape index (κ3) is 2.79. The fraction of sp³-hybridized carbons (Fsp3) is 0.200. The van der Waals surface area contributed by atoms with E-state index in [1.165, 1.54) is 12.1 Å². The molecular formula is C15H14FN3O2. The maximum atomic E-state index is 13.1. The smallest absolute Gasteiger partial charge is 0.287 e. The quantitative estimate of drug-likeness (QED) is 0.775. The minimum atomic E-state index is -0.329. The molecule has 2 heterocycles. The number of aromatic nitrogens is 2. The van der Waals surface area contributed by atoms with Gasteiger partial charge < -0.3 is 14.7 Å². The standard InChI is InChI=1S/C15H14FN3O2/c1-2-10-4-6-13(21-10)15(20)17-8-14-18-11-5-3-9(16)7-12(11)19-14/h3-7H,2,8H2,1H3,(H,17,20)(H,18,19). The van der Waals surface area contributed by atoms with Crippen molar-refractivity contribution in [3.8, 4) is 0 Å². The van der Waals surface area contributed by atoms with Crippen LogP contribution in [-0.4, -0.2) is 15.9 Å². The number of carbonyl (C=O) groups is 1. The monoisotopic (exact) mass is 287 g/mol. The number of hydrogen-bond acceptors (Lipinski definition) is 3. The molecule has 0 saturated heterocycles. The van der Waals surface area contributed by atoms with Crippen molar-refractivity contribution in [2.45, 2.75) is 19.9 Å². The molecule has 6 heteroatoms. The average molecular weight is 287 g/mol. The van der Waals surface area contributed by atoms with E-state index in [2.05, 4.69) is 15.3 Å². The Labute approximate surface area is 120 Å². The summed E-state index contributed by atoms with van der Waals surface area (Å²) < 4.78 is 18.5. The number of nitrogens with one attached hydrogen (secondary N) is 2. The van der Waals surface area contributed by atoms with Crippen molar-refractivity contribution >= 4 is 16.9 Å². The summed E-state index contributed by atoms with van der Waals surface area (Å²) in [4.78, 5) is 19.1. The maximum Gasteiger partial charge on any atom is 0.287 e. The van der Waals surface area contributed by atoms with E-state index in [9.17, 15) is 9.18 Å². The molecule has 1 amide bonds. The van der Waals surface area contributed by atoms with Crippen LogP contribution in [0.15, 0.2) is 34.7 Å². The lowest BCUT2D eigenvalue weighted by Gasteiger charge is -2.00. The van der Waals surface area contributed by atoms with Crippen molar-refractivity contribution in [2.24, 2.45) is 0 Å². The molecule has 3 rings (SSSR count). The minimum absolute atomic E-state index is 0.220. The van der Waals surface area contributed by atoms with Crippen molar-refractivity contribution in [1.29, 1.82) is 0 Å². The van der Waals surface area contributed by atoms with E-state index < -0.39 is 0 Å². The predicted molar refractivity (Wildman–Crippen MR) is 75.3 cm³/mol. The van der Waals surface area contributed by atoms with Gasteiger partial charge in [-0.05, 0) is 30.3 Å². The molecule has 0 bridgehead atoms. The number of rotatable bonds is 4. The molecule has 2 aromatic heterocycles. The predicted octanol–water partition coefficient (Wildman–Crippen LogP) is 2.79. The van der Waals surface area contributed by atoms with Crippen molar-refractivity contribution in [3.63, 3.8) is 0 Å². The largest absolute Gasteiger partial charge is 0.456 e. The van der Waals surface area contributed by atoms with Crippen molar-refractivity contribution in [3.05, 3.63) is 53.5 Å². The molecular weight excluding hydrogens is 273 g/mol. The van der Waals surface area contributed by atoms with E-state index in [1.807, 2.05) is 6.92 Å². The second kappa shape index (κ2) is 5.40. The lowest BCUT2D eigenvalue weighted by Crippen LogP contribution is -2.22. The van der Waals surface area contributed by atoms with Crippen LogP contribution in [0, 0.1) is 5.82 Å². The first-order valence-corrected chi connectivity index (χ1v) is 6.67. The molecule has 0 fully saturated rings. The zero-order chi connectivity index (χ0) is 14.8. The molecule has 0 unspecified atom stereocenters. The number of imidazole rings is 1. The Hall–Kier alpha value is -2.63. The van der Waals surface area contributed by atoms with E-state index in [0.29, 0.717) is 16.9 Å². The van der Waals surface area contributed by atoms with E-state index >= 15 is 0 Å². The summed E-state index contributed by atoms with van der Waals surface area (Å²) in [5.41, 5.74) is 1.26. The molecule has 21 heavy (non-hydrogen) atoms. The summed E-state index contributed by atoms with van der Waals surface area (Å²) in [6.07, 6.45) is 0.739.